The molecular weight excluding hydrogens is 290 g/mol. The van der Waals surface area contributed by atoms with Crippen molar-refractivity contribution in [2.75, 3.05) is 25.6 Å². The number of aliphatic hydroxyl groups excluding tert-OH is 1. The van der Waals surface area contributed by atoms with Gasteiger partial charge in [0.15, 0.2) is 0 Å². The molecule has 2 aromatic carbocycles. The third kappa shape index (κ3) is 5.04. The van der Waals surface area contributed by atoms with Crippen molar-refractivity contribution in [1.29, 1.82) is 0 Å². The molecule has 122 valence electrons. The van der Waals surface area contributed by atoms with Crippen LogP contribution in [0.2, 0.25) is 0 Å². The minimum absolute atomic E-state index is 0.219. The van der Waals surface area contributed by atoms with E-state index in [0.717, 1.165) is 29.2 Å². The molecule has 0 heterocycles. The molecule has 2 aromatic rings. The van der Waals surface area contributed by atoms with Crippen LogP contribution in [0.25, 0.3) is 0 Å². The van der Waals surface area contributed by atoms with E-state index in [1.54, 1.807) is 7.11 Å². The monoisotopic (exact) mass is 313 g/mol. The van der Waals surface area contributed by atoms with Gasteiger partial charge in [-0.15, -0.1) is 6.58 Å². The van der Waals surface area contributed by atoms with Crippen LogP contribution in [0.3, 0.4) is 0 Å². The van der Waals surface area contributed by atoms with Crippen molar-refractivity contribution in [2.45, 2.75) is 12.5 Å². The van der Waals surface area contributed by atoms with E-state index >= 15 is 0 Å². The van der Waals surface area contributed by atoms with Crippen molar-refractivity contribution >= 4 is 5.69 Å². The van der Waals surface area contributed by atoms with E-state index in [2.05, 4.69) is 11.9 Å². The van der Waals surface area contributed by atoms with Gasteiger partial charge in [-0.1, -0.05) is 36.4 Å². The summed E-state index contributed by atoms with van der Waals surface area (Å²) >= 11 is 0. The fourth-order valence-electron chi connectivity index (χ4n) is 2.23. The Balaban J connectivity index is 1.86. The number of hydrogen-bond acceptors (Lipinski definition) is 4. The van der Waals surface area contributed by atoms with Crippen molar-refractivity contribution in [2.24, 2.45) is 0 Å². The third-order valence-corrected chi connectivity index (χ3v) is 3.40. The van der Waals surface area contributed by atoms with Crippen molar-refractivity contribution in [3.8, 4) is 11.5 Å². The van der Waals surface area contributed by atoms with Crippen LogP contribution >= 0.6 is 0 Å². The van der Waals surface area contributed by atoms with Gasteiger partial charge in [-0.25, -0.2) is 0 Å². The summed E-state index contributed by atoms with van der Waals surface area (Å²) in [5.41, 5.74) is 1.91. The summed E-state index contributed by atoms with van der Waals surface area (Å²) in [6, 6.07) is 15.4. The van der Waals surface area contributed by atoms with E-state index in [-0.39, 0.29) is 6.61 Å². The van der Waals surface area contributed by atoms with Crippen LogP contribution in [0.15, 0.2) is 61.2 Å². The van der Waals surface area contributed by atoms with Gasteiger partial charge >= 0.3 is 0 Å². The number of anilines is 1. The average Bonchev–Trinajstić information content (AvgIpc) is 2.59. The molecule has 0 saturated carbocycles. The largest absolute Gasteiger partial charge is 0.495 e. The minimum atomic E-state index is -0.628. The number of ether oxygens (including phenoxy) is 2. The van der Waals surface area contributed by atoms with Crippen molar-refractivity contribution in [1.82, 2.24) is 0 Å². The third-order valence-electron chi connectivity index (χ3n) is 3.40. The molecule has 4 nitrogen and oxygen atoms in total. The highest BCUT2D eigenvalue weighted by Gasteiger charge is 2.09. The molecular formula is C19H23NO3. The molecule has 0 spiro atoms. The molecule has 0 radical (unpaired) electrons. The molecule has 23 heavy (non-hydrogen) atoms. The van der Waals surface area contributed by atoms with Crippen LogP contribution in [-0.2, 0) is 6.42 Å². The molecule has 0 amide bonds. The quantitative estimate of drug-likeness (QED) is 0.698. The maximum Gasteiger partial charge on any atom is 0.141 e. The molecule has 2 rings (SSSR count). The molecule has 2 N–H and O–H groups in total. The average molecular weight is 313 g/mol. The SMILES string of the molecule is C=CCc1ccccc1OCC(O)CNc1ccccc1OC. The van der Waals surface area contributed by atoms with Gasteiger partial charge in [0.25, 0.3) is 0 Å². The Hall–Kier alpha value is -2.46. The number of nitrogens with one attached hydrogen (secondary N) is 1. The van der Waals surface area contributed by atoms with Gasteiger partial charge < -0.3 is 19.9 Å². The number of methoxy groups -OCH3 is 1. The Morgan fingerprint density at radius 2 is 1.83 bits per heavy atom. The summed E-state index contributed by atoms with van der Waals surface area (Å²) < 4.78 is 11.0. The number of rotatable bonds is 9. The highest BCUT2D eigenvalue weighted by atomic mass is 16.5. The van der Waals surface area contributed by atoms with Crippen LogP contribution < -0.4 is 14.8 Å². The zero-order chi connectivity index (χ0) is 16.5. The number of hydrogen-bond donors (Lipinski definition) is 2. The van der Waals surface area contributed by atoms with E-state index in [1.165, 1.54) is 0 Å². The van der Waals surface area contributed by atoms with Crippen LogP contribution in [0.4, 0.5) is 5.69 Å². The first-order valence-corrected chi connectivity index (χ1v) is 7.61. The predicted molar refractivity (Wildman–Crippen MR) is 93.3 cm³/mol. The van der Waals surface area contributed by atoms with E-state index in [9.17, 15) is 5.11 Å². The second-order valence-corrected chi connectivity index (χ2v) is 5.15. The number of aliphatic hydroxyl groups is 1. The lowest BCUT2D eigenvalue weighted by molar-refractivity contribution is 0.117. The minimum Gasteiger partial charge on any atom is -0.495 e. The van der Waals surface area contributed by atoms with Gasteiger partial charge in [0.05, 0.1) is 12.8 Å². The van der Waals surface area contributed by atoms with Crippen LogP contribution in [0.1, 0.15) is 5.56 Å². The Bertz CT molecular complexity index is 628. The highest BCUT2D eigenvalue weighted by Crippen LogP contribution is 2.23. The Morgan fingerprint density at radius 3 is 2.57 bits per heavy atom. The molecule has 0 fully saturated rings. The van der Waals surface area contributed by atoms with Crippen molar-refractivity contribution in [3.05, 3.63) is 66.7 Å². The van der Waals surface area contributed by atoms with Gasteiger partial charge in [-0.2, -0.15) is 0 Å². The standard InChI is InChI=1S/C19H23NO3/c1-3-8-15-9-4-6-11-18(15)23-14-16(21)13-20-17-10-5-7-12-19(17)22-2/h3-7,9-12,16,20-21H,1,8,13-14H2,2H3. The van der Waals surface area contributed by atoms with E-state index in [0.29, 0.717) is 6.54 Å². The van der Waals surface area contributed by atoms with Crippen molar-refractivity contribution < 1.29 is 14.6 Å². The van der Waals surface area contributed by atoms with Crippen LogP contribution in [0.5, 0.6) is 11.5 Å². The first-order chi connectivity index (χ1) is 11.2. The van der Waals surface area contributed by atoms with Gasteiger partial charge in [0, 0.05) is 6.54 Å². The maximum atomic E-state index is 10.1. The van der Waals surface area contributed by atoms with Gasteiger partial charge in [0.2, 0.25) is 0 Å². The Labute approximate surface area is 137 Å². The molecule has 1 atom stereocenters. The van der Waals surface area contributed by atoms with Crippen LogP contribution in [0, 0.1) is 0 Å². The number of para-hydroxylation sites is 3. The fraction of sp³-hybridized carbons (Fsp3) is 0.263. The lowest BCUT2D eigenvalue weighted by atomic mass is 10.1. The first kappa shape index (κ1) is 16.9. The molecule has 0 bridgehead atoms. The maximum absolute atomic E-state index is 10.1. The van der Waals surface area contributed by atoms with E-state index in [1.807, 2.05) is 54.6 Å². The van der Waals surface area contributed by atoms with Gasteiger partial charge in [-0.3, -0.25) is 0 Å². The topological polar surface area (TPSA) is 50.7 Å². The summed E-state index contributed by atoms with van der Waals surface area (Å²) in [7, 11) is 1.62. The number of benzene rings is 2. The normalized spacial score (nSPS) is 11.6. The summed E-state index contributed by atoms with van der Waals surface area (Å²) in [5.74, 6) is 1.53. The molecule has 0 saturated heterocycles. The highest BCUT2D eigenvalue weighted by molar-refractivity contribution is 5.56. The van der Waals surface area contributed by atoms with Gasteiger partial charge in [-0.05, 0) is 30.2 Å². The smallest absolute Gasteiger partial charge is 0.141 e. The van der Waals surface area contributed by atoms with E-state index < -0.39 is 6.10 Å². The zero-order valence-corrected chi connectivity index (χ0v) is 13.4. The summed E-state index contributed by atoms with van der Waals surface area (Å²) in [4.78, 5) is 0. The van der Waals surface area contributed by atoms with Crippen molar-refractivity contribution in [3.63, 3.8) is 0 Å². The van der Waals surface area contributed by atoms with Gasteiger partial charge in [0.1, 0.15) is 24.2 Å². The zero-order valence-electron chi connectivity index (χ0n) is 13.4. The van der Waals surface area contributed by atoms with Crippen LogP contribution in [-0.4, -0.2) is 31.5 Å². The predicted octanol–water partition coefficient (Wildman–Crippen LogP) is 3.28. The molecule has 0 aliphatic rings. The first-order valence-electron chi connectivity index (χ1n) is 7.61. The Morgan fingerprint density at radius 1 is 1.13 bits per heavy atom. The molecule has 0 aliphatic heterocycles. The molecule has 0 aliphatic carbocycles. The summed E-state index contributed by atoms with van der Waals surface area (Å²) in [6.07, 6.45) is 1.95. The number of allylic oxidation sites excluding steroid dienone is 1. The lowest BCUT2D eigenvalue weighted by Gasteiger charge is -2.16. The molecule has 4 heteroatoms. The summed E-state index contributed by atoms with van der Waals surface area (Å²) in [5, 5.41) is 13.3. The lowest BCUT2D eigenvalue weighted by Crippen LogP contribution is -2.26. The second-order valence-electron chi connectivity index (χ2n) is 5.15. The summed E-state index contributed by atoms with van der Waals surface area (Å²) in [6.45, 7) is 4.34. The Kier molecular flexibility index (Phi) is 6.51. The molecule has 0 aromatic heterocycles. The second kappa shape index (κ2) is 8.86. The molecule has 1 unspecified atom stereocenters. The van der Waals surface area contributed by atoms with E-state index in [4.69, 9.17) is 9.47 Å². The fourth-order valence-corrected chi connectivity index (χ4v) is 2.23.